The van der Waals surface area contributed by atoms with Gasteiger partial charge in [0.1, 0.15) is 11.4 Å². The molecule has 1 N–H and O–H groups in total. The highest BCUT2D eigenvalue weighted by atomic mass is 16.6. The fraction of sp³-hybridized carbons (Fsp3) is 0.500. The molecule has 0 atom stereocenters. The molecule has 0 aromatic heterocycles. The number of rotatable bonds is 7. The molecular weight excluding hydrogens is 426 g/mol. The Morgan fingerprint density at radius 2 is 1.74 bits per heavy atom. The van der Waals surface area contributed by atoms with Crippen LogP contribution in [0.1, 0.15) is 58.9 Å². The monoisotopic (exact) mass is 463 g/mol. The zero-order valence-electron chi connectivity index (χ0n) is 21.1. The van der Waals surface area contributed by atoms with Gasteiger partial charge in [0, 0.05) is 31.2 Å². The van der Waals surface area contributed by atoms with Crippen molar-refractivity contribution in [2.75, 3.05) is 13.7 Å². The predicted octanol–water partition coefficient (Wildman–Crippen LogP) is 6.57. The van der Waals surface area contributed by atoms with Gasteiger partial charge in [-0.25, -0.2) is 9.64 Å². The van der Waals surface area contributed by atoms with Crippen LogP contribution < -0.4 is 10.1 Å². The van der Waals surface area contributed by atoms with Crippen LogP contribution >= 0.6 is 0 Å². The topological polar surface area (TPSA) is 55.2 Å². The summed E-state index contributed by atoms with van der Waals surface area (Å²) in [4.78, 5) is 17.6. The molecule has 2 aromatic carbocycles. The first-order valence-electron chi connectivity index (χ1n) is 12.1. The van der Waals surface area contributed by atoms with Crippen molar-refractivity contribution in [3.05, 3.63) is 59.4 Å². The Bertz CT molecular complexity index is 997. The number of carbonyl (C=O) groups is 1. The van der Waals surface area contributed by atoms with E-state index < -0.39 is 5.60 Å². The highest BCUT2D eigenvalue weighted by Crippen LogP contribution is 2.29. The first-order chi connectivity index (χ1) is 16.2. The van der Waals surface area contributed by atoms with Crippen molar-refractivity contribution in [1.29, 1.82) is 0 Å². The van der Waals surface area contributed by atoms with Crippen LogP contribution in [0.5, 0.6) is 5.75 Å². The van der Waals surface area contributed by atoms with Crippen LogP contribution in [0, 0.1) is 6.57 Å². The lowest BCUT2D eigenvalue weighted by Crippen LogP contribution is -2.44. The smallest absolute Gasteiger partial charge is 0.410 e. The van der Waals surface area contributed by atoms with Gasteiger partial charge in [-0.15, -0.1) is 0 Å². The third-order valence-corrected chi connectivity index (χ3v) is 6.20. The number of hydrogen-bond acceptors (Lipinski definition) is 4. The van der Waals surface area contributed by atoms with E-state index in [1.165, 1.54) is 0 Å². The van der Waals surface area contributed by atoms with Crippen molar-refractivity contribution in [3.63, 3.8) is 0 Å². The van der Waals surface area contributed by atoms with Gasteiger partial charge in [0.15, 0.2) is 5.69 Å². The summed E-state index contributed by atoms with van der Waals surface area (Å²) in [5, 5.41) is 3.71. The van der Waals surface area contributed by atoms with E-state index in [-0.39, 0.29) is 12.1 Å². The minimum atomic E-state index is -0.476. The van der Waals surface area contributed by atoms with Crippen LogP contribution in [-0.4, -0.2) is 42.3 Å². The van der Waals surface area contributed by atoms with Gasteiger partial charge < -0.3 is 19.7 Å². The summed E-state index contributed by atoms with van der Waals surface area (Å²) in [5.74, 6) is 0.898. The van der Waals surface area contributed by atoms with Crippen molar-refractivity contribution < 1.29 is 14.3 Å². The summed E-state index contributed by atoms with van der Waals surface area (Å²) in [5.41, 5.74) is 3.49. The van der Waals surface area contributed by atoms with Crippen LogP contribution in [0.4, 0.5) is 10.5 Å². The number of carbonyl (C=O) groups excluding carboxylic acids is 1. The van der Waals surface area contributed by atoms with E-state index in [2.05, 4.69) is 22.3 Å². The lowest BCUT2D eigenvalue weighted by molar-refractivity contribution is 0.0179. The number of nitrogens with zero attached hydrogens (tertiary/aromatic N) is 2. The molecule has 2 aromatic rings. The van der Waals surface area contributed by atoms with Crippen LogP contribution in [0.3, 0.4) is 0 Å². The molecule has 0 saturated heterocycles. The highest BCUT2D eigenvalue weighted by Gasteiger charge is 2.29. The molecule has 3 rings (SSSR count). The van der Waals surface area contributed by atoms with E-state index >= 15 is 0 Å². The maximum absolute atomic E-state index is 12.4. The Labute approximate surface area is 204 Å². The van der Waals surface area contributed by atoms with Crippen molar-refractivity contribution in [3.8, 4) is 16.9 Å². The minimum Gasteiger partial charge on any atom is -0.494 e. The van der Waals surface area contributed by atoms with Crippen molar-refractivity contribution in [1.82, 2.24) is 10.2 Å². The van der Waals surface area contributed by atoms with Gasteiger partial charge in [-0.1, -0.05) is 30.3 Å². The second-order valence-corrected chi connectivity index (χ2v) is 9.89. The number of hydrogen-bond donors (Lipinski definition) is 1. The molecule has 1 saturated carbocycles. The number of nitrogens with one attached hydrogen (secondary N) is 1. The van der Waals surface area contributed by atoms with Gasteiger partial charge in [0.05, 0.1) is 13.2 Å². The molecule has 182 valence electrons. The quantitative estimate of drug-likeness (QED) is 0.472. The van der Waals surface area contributed by atoms with E-state index in [1.54, 1.807) is 4.90 Å². The molecule has 1 fully saturated rings. The average molecular weight is 464 g/mol. The lowest BCUT2D eigenvalue weighted by atomic mass is 9.90. The molecule has 6 nitrogen and oxygen atoms in total. The molecule has 0 spiro atoms. The fourth-order valence-corrected chi connectivity index (χ4v) is 4.33. The Morgan fingerprint density at radius 3 is 2.32 bits per heavy atom. The van der Waals surface area contributed by atoms with Crippen molar-refractivity contribution in [2.45, 2.75) is 77.6 Å². The third kappa shape index (κ3) is 6.98. The third-order valence-electron chi connectivity index (χ3n) is 6.20. The predicted molar refractivity (Wildman–Crippen MR) is 136 cm³/mol. The molecule has 1 amide bonds. The number of benzene rings is 2. The minimum absolute atomic E-state index is 0.216. The Morgan fingerprint density at radius 1 is 1.09 bits per heavy atom. The summed E-state index contributed by atoms with van der Waals surface area (Å²) in [6, 6.07) is 14.6. The Balaban J connectivity index is 1.60. The maximum atomic E-state index is 12.4. The molecule has 0 radical (unpaired) electrons. The van der Waals surface area contributed by atoms with Crippen LogP contribution in [-0.2, 0) is 11.3 Å². The number of ether oxygens (including phenoxy) is 2. The molecule has 1 aliphatic rings. The Kier molecular flexibility index (Phi) is 8.57. The largest absolute Gasteiger partial charge is 0.494 e. The van der Waals surface area contributed by atoms with E-state index in [0.717, 1.165) is 54.7 Å². The average Bonchev–Trinajstić information content (AvgIpc) is 2.82. The second kappa shape index (κ2) is 11.4. The molecule has 34 heavy (non-hydrogen) atoms. The summed E-state index contributed by atoms with van der Waals surface area (Å²) < 4.78 is 11.4. The molecular formula is C28H37N3O3. The van der Waals surface area contributed by atoms with Crippen molar-refractivity contribution in [2.24, 2.45) is 0 Å². The van der Waals surface area contributed by atoms with Gasteiger partial charge in [0.25, 0.3) is 0 Å². The second-order valence-electron chi connectivity index (χ2n) is 9.89. The molecule has 0 bridgehead atoms. The summed E-state index contributed by atoms with van der Waals surface area (Å²) in [7, 11) is 1.84. The molecule has 0 heterocycles. The van der Waals surface area contributed by atoms with Gasteiger partial charge >= 0.3 is 6.09 Å². The maximum Gasteiger partial charge on any atom is 0.410 e. The zero-order chi connectivity index (χ0) is 24.7. The molecule has 6 heteroatoms. The SMILES string of the molecule is [C-]#[N+]c1ccc(-c2ccc(OCC)c(CNC3CCC(N(C)C(=O)OC(C)(C)C)CC3)c2)cc1. The molecule has 1 aliphatic carbocycles. The van der Waals surface area contributed by atoms with E-state index in [4.69, 9.17) is 16.0 Å². The van der Waals surface area contributed by atoms with Crippen molar-refractivity contribution >= 4 is 11.8 Å². The van der Waals surface area contributed by atoms with E-state index in [0.29, 0.717) is 18.3 Å². The summed E-state index contributed by atoms with van der Waals surface area (Å²) in [6.07, 6.45) is 3.70. The Hall–Kier alpha value is -3.04. The van der Waals surface area contributed by atoms with Crippen LogP contribution in [0.25, 0.3) is 16.0 Å². The van der Waals surface area contributed by atoms with Gasteiger partial charge in [0.2, 0.25) is 0 Å². The first kappa shape index (κ1) is 25.6. The van der Waals surface area contributed by atoms with E-state index in [9.17, 15) is 4.79 Å². The van der Waals surface area contributed by atoms with Gasteiger partial charge in [-0.3, -0.25) is 0 Å². The summed E-state index contributed by atoms with van der Waals surface area (Å²) in [6.45, 7) is 16.2. The fourth-order valence-electron chi connectivity index (χ4n) is 4.33. The van der Waals surface area contributed by atoms with Gasteiger partial charge in [-0.2, -0.15) is 0 Å². The van der Waals surface area contributed by atoms with E-state index in [1.807, 2.05) is 65.1 Å². The molecule has 0 unspecified atom stereocenters. The molecule has 0 aliphatic heterocycles. The first-order valence-corrected chi connectivity index (χ1v) is 12.1. The normalized spacial score (nSPS) is 18.1. The zero-order valence-corrected chi connectivity index (χ0v) is 21.1. The number of amides is 1. The lowest BCUT2D eigenvalue weighted by Gasteiger charge is -2.36. The highest BCUT2D eigenvalue weighted by molar-refractivity contribution is 5.68. The van der Waals surface area contributed by atoms with Gasteiger partial charge in [-0.05, 0) is 76.6 Å². The van der Waals surface area contributed by atoms with Crippen LogP contribution in [0.2, 0.25) is 0 Å². The standard InChI is InChI=1S/C28H37N3O3/c1-7-33-26-17-10-21(20-8-11-23(29-5)12-9-20)18-22(26)19-30-24-13-15-25(16-14-24)31(6)27(32)34-28(2,3)4/h8-12,17-18,24-25,30H,7,13-16,19H2,1-4,6H3. The van der Waals surface area contributed by atoms with Crippen LogP contribution in [0.15, 0.2) is 42.5 Å². The summed E-state index contributed by atoms with van der Waals surface area (Å²) >= 11 is 0.